The smallest absolute Gasteiger partial charge is 0.308 e. The van der Waals surface area contributed by atoms with E-state index in [2.05, 4.69) is 5.32 Å². The van der Waals surface area contributed by atoms with Crippen molar-refractivity contribution in [2.45, 2.75) is 22.7 Å². The Hall–Kier alpha value is -3.93. The largest absolute Gasteiger partial charge is 0.497 e. The molecule has 3 aromatic carbocycles. The second-order valence-electron chi connectivity index (χ2n) is 9.48. The number of nitrogens with zero attached hydrogens (tertiary/aromatic N) is 2. The summed E-state index contributed by atoms with van der Waals surface area (Å²) >= 11 is 8.19. The Bertz CT molecular complexity index is 1720. The fourth-order valence-corrected chi connectivity index (χ4v) is 8.05. The first-order chi connectivity index (χ1) is 19.7. The van der Waals surface area contributed by atoms with Crippen LogP contribution in [-0.4, -0.2) is 34.6 Å². The van der Waals surface area contributed by atoms with E-state index in [0.29, 0.717) is 31.9 Å². The van der Waals surface area contributed by atoms with Crippen molar-refractivity contribution in [1.29, 1.82) is 0 Å². The van der Waals surface area contributed by atoms with Gasteiger partial charge in [-0.2, -0.15) is 0 Å². The first kappa shape index (κ1) is 27.3. The third-order valence-corrected chi connectivity index (χ3v) is 9.89. The molecule has 1 aromatic heterocycles. The molecule has 3 atom stereocenters. The summed E-state index contributed by atoms with van der Waals surface area (Å²) < 4.78 is 20.1. The first-order valence-electron chi connectivity index (χ1n) is 12.5. The van der Waals surface area contributed by atoms with Crippen molar-refractivity contribution in [3.8, 4) is 5.75 Å². The zero-order valence-electron chi connectivity index (χ0n) is 21.4. The molecule has 1 saturated heterocycles. The summed E-state index contributed by atoms with van der Waals surface area (Å²) in [5, 5.41) is 2.89. The number of anilines is 2. The van der Waals surface area contributed by atoms with Gasteiger partial charge in [-0.25, -0.2) is 9.29 Å². The summed E-state index contributed by atoms with van der Waals surface area (Å²) in [6.45, 7) is -0.280. The standard InChI is InChI=1S/C29H21ClFN3O5S2/c1-39-20-12-8-18(9-13-20)32-21(35)14-33-28-25(41-29(33)38)22(15-2-4-16(30)5-3-15)23-24(40-28)27(37)34(26(23)36)19-10-6-17(31)7-11-19/h2-13,22-24H,14H2,1H3,(H,32,35)/t22-,23?,24?/m1/s1. The zero-order valence-corrected chi connectivity index (χ0v) is 23.8. The molecule has 2 aliphatic rings. The van der Waals surface area contributed by atoms with Crippen LogP contribution in [0.4, 0.5) is 15.8 Å². The zero-order chi connectivity index (χ0) is 28.8. The van der Waals surface area contributed by atoms with Crippen LogP contribution in [0.15, 0.2) is 82.6 Å². The number of hydrogen-bond donors (Lipinski definition) is 1. The molecule has 2 aliphatic heterocycles. The van der Waals surface area contributed by atoms with Crippen LogP contribution in [-0.2, 0) is 20.9 Å². The number of carbonyl (C=O) groups excluding carboxylic acids is 3. The van der Waals surface area contributed by atoms with E-state index in [1.165, 1.54) is 28.8 Å². The van der Waals surface area contributed by atoms with E-state index >= 15 is 0 Å². The quantitative estimate of drug-likeness (QED) is 0.304. The van der Waals surface area contributed by atoms with Crippen molar-refractivity contribution in [2.24, 2.45) is 5.92 Å². The number of halogens is 2. The van der Waals surface area contributed by atoms with E-state index in [0.717, 1.165) is 28.0 Å². The average Bonchev–Trinajstić information content (AvgIpc) is 3.40. The third-order valence-electron chi connectivity index (χ3n) is 7.04. The number of ether oxygens (including phenoxy) is 1. The first-order valence-corrected chi connectivity index (χ1v) is 14.6. The molecule has 208 valence electrons. The van der Waals surface area contributed by atoms with Gasteiger partial charge in [0.2, 0.25) is 17.7 Å². The number of aromatic nitrogens is 1. The maximum Gasteiger partial charge on any atom is 0.308 e. The fraction of sp³-hybridized carbons (Fsp3) is 0.172. The molecule has 6 rings (SSSR count). The van der Waals surface area contributed by atoms with Crippen LogP contribution in [0.1, 0.15) is 16.4 Å². The van der Waals surface area contributed by atoms with Gasteiger partial charge in [0.15, 0.2) is 0 Å². The third kappa shape index (κ3) is 4.94. The van der Waals surface area contributed by atoms with Crippen molar-refractivity contribution in [1.82, 2.24) is 4.57 Å². The average molecular weight is 610 g/mol. The number of benzene rings is 3. The molecule has 8 nitrogen and oxygen atoms in total. The van der Waals surface area contributed by atoms with Gasteiger partial charge < -0.3 is 10.1 Å². The van der Waals surface area contributed by atoms with Gasteiger partial charge in [-0.05, 0) is 66.2 Å². The van der Waals surface area contributed by atoms with Crippen LogP contribution in [0.25, 0.3) is 0 Å². The Morgan fingerprint density at radius 1 is 0.976 bits per heavy atom. The van der Waals surface area contributed by atoms with Gasteiger partial charge in [-0.3, -0.25) is 23.7 Å². The number of hydrogen-bond acceptors (Lipinski definition) is 7. The summed E-state index contributed by atoms with van der Waals surface area (Å²) in [4.78, 5) is 55.1. The van der Waals surface area contributed by atoms with Crippen LogP contribution in [0.3, 0.4) is 0 Å². The maximum atomic E-state index is 13.8. The molecular weight excluding hydrogens is 589 g/mol. The molecule has 0 bridgehead atoms. The van der Waals surface area contributed by atoms with Crippen LogP contribution in [0.2, 0.25) is 5.02 Å². The van der Waals surface area contributed by atoms with Gasteiger partial charge in [0.05, 0.1) is 23.7 Å². The molecule has 41 heavy (non-hydrogen) atoms. The monoisotopic (exact) mass is 609 g/mol. The number of nitrogens with one attached hydrogen (secondary N) is 1. The maximum absolute atomic E-state index is 13.8. The number of imide groups is 1. The SMILES string of the molecule is COc1ccc(NC(=O)Cn2c3c(sc2=O)[C@H](c2ccc(Cl)cc2)C2C(=O)N(c4ccc(F)cc4)C(=O)C2S3)cc1. The van der Waals surface area contributed by atoms with Crippen molar-refractivity contribution >= 4 is 63.8 Å². The van der Waals surface area contributed by atoms with E-state index < -0.39 is 40.6 Å². The van der Waals surface area contributed by atoms with Gasteiger partial charge in [-0.15, -0.1) is 0 Å². The second kappa shape index (κ2) is 10.8. The Morgan fingerprint density at radius 3 is 2.32 bits per heavy atom. The predicted octanol–water partition coefficient (Wildman–Crippen LogP) is 5.15. The number of thioether (sulfide) groups is 1. The number of thiazole rings is 1. The highest BCUT2D eigenvalue weighted by atomic mass is 35.5. The molecule has 4 aromatic rings. The number of fused-ring (bicyclic) bond motifs is 2. The van der Waals surface area contributed by atoms with Crippen LogP contribution < -0.4 is 19.8 Å². The number of amides is 3. The van der Waals surface area contributed by atoms with Crippen LogP contribution in [0, 0.1) is 11.7 Å². The van der Waals surface area contributed by atoms with Gasteiger partial charge >= 0.3 is 4.87 Å². The molecule has 0 aliphatic carbocycles. The van der Waals surface area contributed by atoms with E-state index in [1.54, 1.807) is 55.6 Å². The molecule has 3 amide bonds. The highest BCUT2D eigenvalue weighted by molar-refractivity contribution is 8.00. The molecule has 0 spiro atoms. The minimum absolute atomic E-state index is 0.269. The van der Waals surface area contributed by atoms with E-state index in [-0.39, 0.29) is 17.1 Å². The van der Waals surface area contributed by atoms with E-state index in [1.807, 2.05) is 0 Å². The Morgan fingerprint density at radius 2 is 1.66 bits per heavy atom. The van der Waals surface area contributed by atoms with Gasteiger partial charge in [0.1, 0.15) is 23.4 Å². The Labute approximate surface area is 246 Å². The Balaban J connectivity index is 1.38. The molecule has 2 unspecified atom stereocenters. The summed E-state index contributed by atoms with van der Waals surface area (Å²) in [6, 6.07) is 18.9. The highest BCUT2D eigenvalue weighted by Crippen LogP contribution is 2.53. The van der Waals surface area contributed by atoms with Crippen molar-refractivity contribution in [2.75, 3.05) is 17.3 Å². The molecule has 12 heteroatoms. The number of methoxy groups -OCH3 is 1. The summed E-state index contributed by atoms with van der Waals surface area (Å²) in [7, 11) is 1.54. The van der Waals surface area contributed by atoms with Gasteiger partial charge in [0, 0.05) is 21.5 Å². The normalized spacial score (nSPS) is 19.6. The summed E-state index contributed by atoms with van der Waals surface area (Å²) in [5.74, 6) is -2.62. The molecule has 0 radical (unpaired) electrons. The predicted molar refractivity (Wildman–Crippen MR) is 156 cm³/mol. The molecule has 1 N–H and O–H groups in total. The fourth-order valence-electron chi connectivity index (χ4n) is 5.15. The minimum atomic E-state index is -0.856. The van der Waals surface area contributed by atoms with Gasteiger partial charge in [-0.1, -0.05) is 46.8 Å². The summed E-state index contributed by atoms with van der Waals surface area (Å²) in [6.07, 6.45) is 0. The molecule has 1 fully saturated rings. The molecule has 0 saturated carbocycles. The molecular formula is C29H21ClFN3O5S2. The van der Waals surface area contributed by atoms with E-state index in [4.69, 9.17) is 16.3 Å². The lowest BCUT2D eigenvalue weighted by atomic mass is 9.83. The van der Waals surface area contributed by atoms with Gasteiger partial charge in [0.25, 0.3) is 0 Å². The topological polar surface area (TPSA) is 97.7 Å². The van der Waals surface area contributed by atoms with E-state index in [9.17, 15) is 23.6 Å². The van der Waals surface area contributed by atoms with Crippen molar-refractivity contribution in [3.63, 3.8) is 0 Å². The van der Waals surface area contributed by atoms with Crippen molar-refractivity contribution in [3.05, 3.63) is 104 Å². The number of rotatable bonds is 6. The highest BCUT2D eigenvalue weighted by Gasteiger charge is 2.56. The van der Waals surface area contributed by atoms with Crippen molar-refractivity contribution < 1.29 is 23.5 Å². The minimum Gasteiger partial charge on any atom is -0.497 e. The summed E-state index contributed by atoms with van der Waals surface area (Å²) in [5.41, 5.74) is 1.52. The van der Waals surface area contributed by atoms with Crippen LogP contribution >= 0.6 is 34.7 Å². The van der Waals surface area contributed by atoms with Crippen LogP contribution in [0.5, 0.6) is 5.75 Å². The second-order valence-corrected chi connectivity index (χ2v) is 12.0. The Kier molecular flexibility index (Phi) is 7.18. The lowest BCUT2D eigenvalue weighted by molar-refractivity contribution is -0.122. The lowest BCUT2D eigenvalue weighted by Gasteiger charge is -2.30. The lowest BCUT2D eigenvalue weighted by Crippen LogP contribution is -2.33. The number of carbonyl (C=O) groups is 3. The molecule has 3 heterocycles.